The van der Waals surface area contributed by atoms with Crippen molar-refractivity contribution in [1.29, 1.82) is 0 Å². The zero-order chi connectivity index (χ0) is 16.4. The topological polar surface area (TPSA) is 58.6 Å². The average molecular weight is 326 g/mol. The highest BCUT2D eigenvalue weighted by atomic mass is 16.5. The number of amides is 1. The summed E-state index contributed by atoms with van der Waals surface area (Å²) in [5.74, 6) is 1.41. The Hall–Kier alpha value is -2.21. The van der Waals surface area contributed by atoms with Gasteiger partial charge in [-0.15, -0.1) is 0 Å². The van der Waals surface area contributed by atoms with Gasteiger partial charge in [-0.2, -0.15) is 0 Å². The van der Waals surface area contributed by atoms with Crippen molar-refractivity contribution in [3.8, 4) is 0 Å². The summed E-state index contributed by atoms with van der Waals surface area (Å²) in [7, 11) is 0. The molecule has 1 aromatic carbocycles. The smallest absolute Gasteiger partial charge is 0.225 e. The molecule has 24 heavy (non-hydrogen) atoms. The molecule has 0 unspecified atom stereocenters. The number of nitrogens with zero attached hydrogens (tertiary/aromatic N) is 4. The summed E-state index contributed by atoms with van der Waals surface area (Å²) in [5.41, 5.74) is 0.967. The number of rotatable bonds is 2. The van der Waals surface area contributed by atoms with Crippen LogP contribution in [-0.2, 0) is 9.53 Å². The van der Waals surface area contributed by atoms with Crippen molar-refractivity contribution in [2.45, 2.75) is 12.8 Å². The van der Waals surface area contributed by atoms with Crippen LogP contribution in [0.5, 0.6) is 0 Å². The van der Waals surface area contributed by atoms with Crippen molar-refractivity contribution in [1.82, 2.24) is 14.9 Å². The average Bonchev–Trinajstić information content (AvgIpc) is 2.68. The van der Waals surface area contributed by atoms with E-state index in [4.69, 9.17) is 4.74 Å². The molecule has 0 aliphatic carbocycles. The maximum Gasteiger partial charge on any atom is 0.225 e. The number of aromatic nitrogens is 2. The van der Waals surface area contributed by atoms with E-state index >= 15 is 0 Å². The molecule has 0 radical (unpaired) electrons. The molecular formula is C18H22N4O2. The molecule has 2 aliphatic heterocycles. The number of morpholine rings is 1. The minimum absolute atomic E-state index is 0.132. The van der Waals surface area contributed by atoms with Gasteiger partial charge < -0.3 is 14.5 Å². The molecule has 0 saturated carbocycles. The van der Waals surface area contributed by atoms with Gasteiger partial charge in [0.1, 0.15) is 12.1 Å². The molecule has 3 heterocycles. The first-order chi connectivity index (χ1) is 11.8. The third-order valence-corrected chi connectivity index (χ3v) is 4.99. The van der Waals surface area contributed by atoms with Crippen molar-refractivity contribution in [2.24, 2.45) is 5.92 Å². The number of anilines is 1. The summed E-state index contributed by atoms with van der Waals surface area (Å²) < 4.78 is 5.34. The van der Waals surface area contributed by atoms with Crippen LogP contribution < -0.4 is 4.90 Å². The molecule has 1 amide bonds. The highest BCUT2D eigenvalue weighted by Gasteiger charge is 2.30. The van der Waals surface area contributed by atoms with E-state index in [0.717, 1.165) is 55.7 Å². The minimum atomic E-state index is 0.132. The van der Waals surface area contributed by atoms with Gasteiger partial charge in [-0.25, -0.2) is 9.97 Å². The molecule has 0 N–H and O–H groups in total. The van der Waals surface area contributed by atoms with E-state index in [1.165, 1.54) is 0 Å². The van der Waals surface area contributed by atoms with E-state index in [9.17, 15) is 4.79 Å². The number of benzene rings is 1. The Morgan fingerprint density at radius 1 is 1.04 bits per heavy atom. The zero-order valence-electron chi connectivity index (χ0n) is 13.7. The Morgan fingerprint density at radius 3 is 2.58 bits per heavy atom. The van der Waals surface area contributed by atoms with Gasteiger partial charge in [-0.05, 0) is 25.0 Å². The van der Waals surface area contributed by atoms with Gasteiger partial charge in [0.2, 0.25) is 5.91 Å². The van der Waals surface area contributed by atoms with Crippen molar-refractivity contribution >= 4 is 22.6 Å². The second-order valence-corrected chi connectivity index (χ2v) is 6.41. The van der Waals surface area contributed by atoms with Crippen molar-refractivity contribution < 1.29 is 9.53 Å². The molecule has 4 rings (SSSR count). The first kappa shape index (κ1) is 15.3. The molecule has 6 nitrogen and oxygen atoms in total. The second-order valence-electron chi connectivity index (χ2n) is 6.41. The molecule has 2 aliphatic rings. The highest BCUT2D eigenvalue weighted by molar-refractivity contribution is 5.89. The van der Waals surface area contributed by atoms with Gasteiger partial charge >= 0.3 is 0 Å². The van der Waals surface area contributed by atoms with Crippen LogP contribution in [0.25, 0.3) is 10.9 Å². The third-order valence-electron chi connectivity index (χ3n) is 4.99. The van der Waals surface area contributed by atoms with Crippen LogP contribution in [0.4, 0.5) is 5.82 Å². The first-order valence-electron chi connectivity index (χ1n) is 8.64. The SMILES string of the molecule is O=C(C1CCN(c2ncnc3ccccc23)CC1)N1CCOCC1. The number of ether oxygens (including phenoxy) is 1. The van der Waals surface area contributed by atoms with Crippen molar-refractivity contribution in [2.75, 3.05) is 44.3 Å². The molecule has 126 valence electrons. The Bertz CT molecular complexity index is 717. The summed E-state index contributed by atoms with van der Waals surface area (Å²) >= 11 is 0. The van der Waals surface area contributed by atoms with Crippen LogP contribution in [0.2, 0.25) is 0 Å². The summed E-state index contributed by atoms with van der Waals surface area (Å²) in [6.07, 6.45) is 3.39. The van der Waals surface area contributed by atoms with E-state index in [1.807, 2.05) is 23.1 Å². The molecule has 2 aromatic rings. The predicted octanol–water partition coefficient (Wildman–Crippen LogP) is 1.71. The largest absolute Gasteiger partial charge is 0.378 e. The normalized spacial score (nSPS) is 19.7. The fourth-order valence-electron chi connectivity index (χ4n) is 3.62. The second kappa shape index (κ2) is 6.73. The van der Waals surface area contributed by atoms with E-state index in [2.05, 4.69) is 20.9 Å². The number of hydrogen-bond acceptors (Lipinski definition) is 5. The molecule has 1 aromatic heterocycles. The van der Waals surface area contributed by atoms with Crippen LogP contribution in [0, 0.1) is 5.92 Å². The van der Waals surface area contributed by atoms with E-state index in [1.54, 1.807) is 6.33 Å². The van der Waals surface area contributed by atoms with Gasteiger partial charge in [0.05, 0.1) is 18.7 Å². The summed E-state index contributed by atoms with van der Waals surface area (Å²) in [6.45, 7) is 4.52. The molecule has 6 heteroatoms. The Morgan fingerprint density at radius 2 is 1.79 bits per heavy atom. The lowest BCUT2D eigenvalue weighted by Gasteiger charge is -2.36. The van der Waals surface area contributed by atoms with Gasteiger partial charge in [-0.1, -0.05) is 12.1 Å². The fraction of sp³-hybridized carbons (Fsp3) is 0.500. The summed E-state index contributed by atoms with van der Waals surface area (Å²) in [4.78, 5) is 25.7. The summed E-state index contributed by atoms with van der Waals surface area (Å²) in [6, 6.07) is 8.08. The number of fused-ring (bicyclic) bond motifs is 1. The minimum Gasteiger partial charge on any atom is -0.378 e. The number of carbonyl (C=O) groups excluding carboxylic acids is 1. The van der Waals surface area contributed by atoms with Gasteiger partial charge in [0.25, 0.3) is 0 Å². The molecule has 0 atom stereocenters. The molecule has 2 fully saturated rings. The molecular weight excluding hydrogens is 304 g/mol. The fourth-order valence-corrected chi connectivity index (χ4v) is 3.62. The lowest BCUT2D eigenvalue weighted by Crippen LogP contribution is -2.47. The zero-order valence-corrected chi connectivity index (χ0v) is 13.7. The maximum absolute atomic E-state index is 12.6. The van der Waals surface area contributed by atoms with Gasteiger partial charge in [-0.3, -0.25) is 4.79 Å². The van der Waals surface area contributed by atoms with Gasteiger partial charge in [0, 0.05) is 37.5 Å². The lowest BCUT2D eigenvalue weighted by atomic mass is 9.95. The highest BCUT2D eigenvalue weighted by Crippen LogP contribution is 2.28. The standard InChI is InChI=1S/C18H22N4O2/c23-18(22-9-11-24-12-10-22)14-5-7-21(8-6-14)17-15-3-1-2-4-16(15)19-13-20-17/h1-4,13-14H,5-12H2. The predicted molar refractivity (Wildman–Crippen MR) is 91.9 cm³/mol. The monoisotopic (exact) mass is 326 g/mol. The van der Waals surface area contributed by atoms with Crippen LogP contribution in [-0.4, -0.2) is 60.2 Å². The Kier molecular flexibility index (Phi) is 4.30. The van der Waals surface area contributed by atoms with Crippen molar-refractivity contribution in [3.05, 3.63) is 30.6 Å². The maximum atomic E-state index is 12.6. The number of carbonyl (C=O) groups is 1. The van der Waals surface area contributed by atoms with E-state index in [0.29, 0.717) is 19.1 Å². The Balaban J connectivity index is 1.45. The van der Waals surface area contributed by atoms with Crippen LogP contribution in [0.1, 0.15) is 12.8 Å². The number of para-hydroxylation sites is 1. The van der Waals surface area contributed by atoms with E-state index in [-0.39, 0.29) is 5.92 Å². The van der Waals surface area contributed by atoms with E-state index < -0.39 is 0 Å². The Labute approximate surface area is 141 Å². The first-order valence-corrected chi connectivity index (χ1v) is 8.64. The van der Waals surface area contributed by atoms with Crippen LogP contribution >= 0.6 is 0 Å². The molecule has 2 saturated heterocycles. The van der Waals surface area contributed by atoms with Gasteiger partial charge in [0.15, 0.2) is 0 Å². The quantitative estimate of drug-likeness (QED) is 0.841. The van der Waals surface area contributed by atoms with Crippen LogP contribution in [0.3, 0.4) is 0 Å². The number of piperidine rings is 1. The lowest BCUT2D eigenvalue weighted by molar-refractivity contribution is -0.140. The molecule has 0 spiro atoms. The molecule has 0 bridgehead atoms. The van der Waals surface area contributed by atoms with Crippen molar-refractivity contribution in [3.63, 3.8) is 0 Å². The summed E-state index contributed by atoms with van der Waals surface area (Å²) in [5, 5.41) is 1.08. The number of hydrogen-bond donors (Lipinski definition) is 0. The third kappa shape index (κ3) is 2.94. The van der Waals surface area contributed by atoms with Crippen LogP contribution in [0.15, 0.2) is 30.6 Å².